The van der Waals surface area contributed by atoms with Crippen LogP contribution in [0.15, 0.2) is 36.7 Å². The van der Waals surface area contributed by atoms with Gasteiger partial charge in [0.2, 0.25) is 0 Å². The summed E-state index contributed by atoms with van der Waals surface area (Å²) in [6.45, 7) is 5.04. The van der Waals surface area contributed by atoms with Gasteiger partial charge in [-0.2, -0.15) is 5.10 Å². The summed E-state index contributed by atoms with van der Waals surface area (Å²) in [6.07, 6.45) is 1.83. The fraction of sp³-hybridized carbons (Fsp3) is 0.312. The lowest BCUT2D eigenvalue weighted by Gasteiger charge is -2.07. The van der Waals surface area contributed by atoms with Crippen molar-refractivity contribution in [1.29, 1.82) is 0 Å². The van der Waals surface area contributed by atoms with Gasteiger partial charge in [-0.25, -0.2) is 9.67 Å². The zero-order valence-corrected chi connectivity index (χ0v) is 12.9. The summed E-state index contributed by atoms with van der Waals surface area (Å²) in [5.74, 6) is 1.32. The predicted molar refractivity (Wildman–Crippen MR) is 84.7 cm³/mol. The van der Waals surface area contributed by atoms with E-state index in [1.54, 1.807) is 11.3 Å². The Morgan fingerprint density at radius 3 is 2.90 bits per heavy atom. The van der Waals surface area contributed by atoms with Crippen molar-refractivity contribution < 1.29 is 4.79 Å². The molecule has 108 valence electrons. The summed E-state index contributed by atoms with van der Waals surface area (Å²) in [5.41, 5.74) is 0. The molecule has 2 aromatic heterocycles. The number of Topliss-reactive ketones (excluding diaryl/α,β-unsaturated/α-hetero) is 1. The number of benzene rings is 1. The Balaban J connectivity index is 1.81. The maximum atomic E-state index is 12.4. The molecule has 0 amide bonds. The van der Waals surface area contributed by atoms with Gasteiger partial charge in [0, 0.05) is 11.2 Å². The quantitative estimate of drug-likeness (QED) is 0.677. The summed E-state index contributed by atoms with van der Waals surface area (Å²) < 4.78 is 2.97. The van der Waals surface area contributed by atoms with E-state index < -0.39 is 0 Å². The first-order valence-corrected chi connectivity index (χ1v) is 7.83. The Morgan fingerprint density at radius 1 is 1.33 bits per heavy atom. The highest BCUT2D eigenvalue weighted by Gasteiger charge is 2.15. The van der Waals surface area contributed by atoms with Crippen molar-refractivity contribution in [2.24, 2.45) is 5.92 Å². The van der Waals surface area contributed by atoms with Crippen LogP contribution in [-0.2, 0) is 13.0 Å². The molecule has 3 aromatic rings. The summed E-state index contributed by atoms with van der Waals surface area (Å²) in [7, 11) is 0. The monoisotopic (exact) mass is 299 g/mol. The number of hydrogen-bond acceptors (Lipinski definition) is 4. The molecule has 4 nitrogen and oxygen atoms in total. The average molecular weight is 299 g/mol. The highest BCUT2D eigenvalue weighted by Crippen LogP contribution is 2.26. The van der Waals surface area contributed by atoms with Crippen LogP contribution in [0.3, 0.4) is 0 Å². The zero-order chi connectivity index (χ0) is 14.8. The maximum absolute atomic E-state index is 12.4. The standard InChI is InChI=1S/C16H17N3OS/c1-11(2)9-19-16(17-10-18-19)8-13(20)15-7-12-5-3-4-6-14(12)21-15/h3-7,10-11H,8-9H2,1-2H3. The molecular weight excluding hydrogens is 282 g/mol. The Morgan fingerprint density at radius 2 is 2.14 bits per heavy atom. The first-order chi connectivity index (χ1) is 10.1. The van der Waals surface area contributed by atoms with Crippen LogP contribution in [0.1, 0.15) is 29.3 Å². The number of aromatic nitrogens is 3. The molecule has 21 heavy (non-hydrogen) atoms. The van der Waals surface area contributed by atoms with Crippen molar-refractivity contribution in [3.05, 3.63) is 47.4 Å². The molecule has 0 atom stereocenters. The topological polar surface area (TPSA) is 47.8 Å². The van der Waals surface area contributed by atoms with E-state index >= 15 is 0 Å². The minimum atomic E-state index is 0.106. The van der Waals surface area contributed by atoms with Gasteiger partial charge in [-0.3, -0.25) is 4.79 Å². The van der Waals surface area contributed by atoms with Crippen molar-refractivity contribution in [3.63, 3.8) is 0 Å². The zero-order valence-electron chi connectivity index (χ0n) is 12.1. The summed E-state index contributed by atoms with van der Waals surface area (Å²) in [6, 6.07) is 10.0. The molecule has 2 heterocycles. The Kier molecular flexibility index (Phi) is 3.84. The number of fused-ring (bicyclic) bond motifs is 1. The minimum absolute atomic E-state index is 0.106. The van der Waals surface area contributed by atoms with Gasteiger partial charge in [0.1, 0.15) is 12.2 Å². The molecule has 3 rings (SSSR count). The van der Waals surface area contributed by atoms with Crippen LogP contribution in [0.2, 0.25) is 0 Å². The molecule has 0 bridgehead atoms. The molecule has 0 aliphatic carbocycles. The second kappa shape index (κ2) is 5.77. The molecule has 0 radical (unpaired) electrons. The van der Waals surface area contributed by atoms with Crippen LogP contribution >= 0.6 is 11.3 Å². The van der Waals surface area contributed by atoms with Crippen LogP contribution in [0.4, 0.5) is 0 Å². The molecule has 1 aromatic carbocycles. The van der Waals surface area contributed by atoms with Crippen molar-refractivity contribution in [2.45, 2.75) is 26.8 Å². The second-order valence-electron chi connectivity index (χ2n) is 5.50. The fourth-order valence-electron chi connectivity index (χ4n) is 2.27. The summed E-state index contributed by atoms with van der Waals surface area (Å²) >= 11 is 1.54. The fourth-order valence-corrected chi connectivity index (χ4v) is 3.27. The Hall–Kier alpha value is -2.01. The number of hydrogen-bond donors (Lipinski definition) is 0. The van der Waals surface area contributed by atoms with Gasteiger partial charge in [-0.1, -0.05) is 32.0 Å². The largest absolute Gasteiger partial charge is 0.293 e. The molecule has 0 N–H and O–H groups in total. The van der Waals surface area contributed by atoms with Gasteiger partial charge >= 0.3 is 0 Å². The Labute approximate surface area is 127 Å². The number of ketones is 1. The van der Waals surface area contributed by atoms with E-state index in [-0.39, 0.29) is 5.78 Å². The molecule has 5 heteroatoms. The van der Waals surface area contributed by atoms with Gasteiger partial charge in [-0.15, -0.1) is 11.3 Å². The number of thiophene rings is 1. The lowest BCUT2D eigenvalue weighted by atomic mass is 10.2. The predicted octanol–water partition coefficient (Wildman–Crippen LogP) is 3.57. The van der Waals surface area contributed by atoms with Crippen molar-refractivity contribution in [3.8, 4) is 0 Å². The molecule has 0 fully saturated rings. The van der Waals surface area contributed by atoms with Crippen LogP contribution in [0.5, 0.6) is 0 Å². The smallest absolute Gasteiger partial charge is 0.180 e. The van der Waals surface area contributed by atoms with E-state index in [0.717, 1.165) is 27.3 Å². The van der Waals surface area contributed by atoms with Gasteiger partial charge in [0.15, 0.2) is 5.78 Å². The second-order valence-corrected chi connectivity index (χ2v) is 6.58. The van der Waals surface area contributed by atoms with Gasteiger partial charge in [0.25, 0.3) is 0 Å². The van der Waals surface area contributed by atoms with Crippen LogP contribution in [0.25, 0.3) is 10.1 Å². The molecule has 0 spiro atoms. The maximum Gasteiger partial charge on any atom is 0.180 e. The number of rotatable bonds is 5. The first-order valence-electron chi connectivity index (χ1n) is 7.02. The molecule has 0 saturated carbocycles. The molecule has 0 saturated heterocycles. The number of carbonyl (C=O) groups excluding carboxylic acids is 1. The highest BCUT2D eigenvalue weighted by atomic mass is 32.1. The van der Waals surface area contributed by atoms with E-state index in [9.17, 15) is 4.79 Å². The molecule has 0 aliphatic heterocycles. The average Bonchev–Trinajstić information content (AvgIpc) is 3.05. The summed E-state index contributed by atoms with van der Waals surface area (Å²) in [4.78, 5) is 17.5. The first kappa shape index (κ1) is 13.9. The highest BCUT2D eigenvalue weighted by molar-refractivity contribution is 7.20. The van der Waals surface area contributed by atoms with Crippen LogP contribution < -0.4 is 0 Å². The third kappa shape index (κ3) is 3.03. The van der Waals surface area contributed by atoms with Crippen LogP contribution in [0, 0.1) is 5.92 Å². The number of carbonyl (C=O) groups is 1. The third-order valence-electron chi connectivity index (χ3n) is 3.25. The van der Waals surface area contributed by atoms with E-state index in [2.05, 4.69) is 23.9 Å². The SMILES string of the molecule is CC(C)Cn1ncnc1CC(=O)c1cc2ccccc2s1. The molecule has 0 aliphatic rings. The van der Waals surface area contributed by atoms with Gasteiger partial charge in [0.05, 0.1) is 11.3 Å². The van der Waals surface area contributed by atoms with Gasteiger partial charge < -0.3 is 0 Å². The normalized spacial score (nSPS) is 11.4. The van der Waals surface area contributed by atoms with Crippen molar-refractivity contribution >= 4 is 27.2 Å². The van der Waals surface area contributed by atoms with Crippen LogP contribution in [-0.4, -0.2) is 20.5 Å². The molecule has 0 unspecified atom stereocenters. The minimum Gasteiger partial charge on any atom is -0.293 e. The summed E-state index contributed by atoms with van der Waals surface area (Å²) in [5, 5.41) is 5.32. The number of nitrogens with zero attached hydrogens (tertiary/aromatic N) is 3. The molecular formula is C16H17N3OS. The Bertz CT molecular complexity index is 740. The van der Waals surface area contributed by atoms with E-state index in [1.807, 2.05) is 35.0 Å². The van der Waals surface area contributed by atoms with E-state index in [4.69, 9.17) is 0 Å². The third-order valence-corrected chi connectivity index (χ3v) is 4.41. The van der Waals surface area contributed by atoms with Crippen molar-refractivity contribution in [2.75, 3.05) is 0 Å². The van der Waals surface area contributed by atoms with E-state index in [1.165, 1.54) is 6.33 Å². The lowest BCUT2D eigenvalue weighted by Crippen LogP contribution is -2.13. The van der Waals surface area contributed by atoms with Gasteiger partial charge in [-0.05, 0) is 23.4 Å². The van der Waals surface area contributed by atoms with E-state index in [0.29, 0.717) is 12.3 Å². The lowest BCUT2D eigenvalue weighted by molar-refractivity contribution is 0.0993. The van der Waals surface area contributed by atoms with Crippen molar-refractivity contribution in [1.82, 2.24) is 14.8 Å².